The molecule has 1 atom stereocenters. The minimum Gasteiger partial charge on any atom is -0.380 e. The molecule has 12 heavy (non-hydrogen) atoms. The summed E-state index contributed by atoms with van der Waals surface area (Å²) in [5, 5.41) is 3.28. The molecule has 3 nitrogen and oxygen atoms in total. The molecule has 0 bridgehead atoms. The number of rotatable bonds is 5. The van der Waals surface area contributed by atoms with E-state index in [4.69, 9.17) is 4.74 Å². The zero-order valence-corrected chi connectivity index (χ0v) is 8.34. The van der Waals surface area contributed by atoms with Gasteiger partial charge in [-0.3, -0.25) is 4.90 Å². The number of nitrogens with zero attached hydrogens (tertiary/aromatic N) is 1. The van der Waals surface area contributed by atoms with Gasteiger partial charge in [-0.2, -0.15) is 0 Å². The molecule has 1 heterocycles. The van der Waals surface area contributed by atoms with E-state index < -0.39 is 0 Å². The van der Waals surface area contributed by atoms with Gasteiger partial charge in [0, 0.05) is 32.8 Å². The molecule has 0 amide bonds. The van der Waals surface area contributed by atoms with Crippen LogP contribution >= 0.6 is 0 Å². The molecular weight excluding hydrogens is 152 g/mol. The van der Waals surface area contributed by atoms with E-state index in [1.807, 2.05) is 0 Å². The van der Waals surface area contributed by atoms with Crippen molar-refractivity contribution in [2.45, 2.75) is 26.0 Å². The minimum absolute atomic E-state index is 0.352. The maximum absolute atomic E-state index is 5.24. The third kappa shape index (κ3) is 2.44. The largest absolute Gasteiger partial charge is 0.380 e. The lowest BCUT2D eigenvalue weighted by Crippen LogP contribution is -2.58. The van der Waals surface area contributed by atoms with Crippen molar-refractivity contribution in [3.8, 4) is 0 Å². The summed E-state index contributed by atoms with van der Waals surface area (Å²) in [4.78, 5) is 2.48. The molecule has 72 valence electrons. The van der Waals surface area contributed by atoms with Gasteiger partial charge in [0.05, 0.1) is 6.10 Å². The third-order valence-electron chi connectivity index (χ3n) is 2.58. The Labute approximate surface area is 75.1 Å². The van der Waals surface area contributed by atoms with E-state index in [1.165, 1.54) is 0 Å². The van der Waals surface area contributed by atoms with Crippen LogP contribution in [0, 0.1) is 0 Å². The van der Waals surface area contributed by atoms with Gasteiger partial charge in [0.2, 0.25) is 0 Å². The van der Waals surface area contributed by atoms with E-state index >= 15 is 0 Å². The fourth-order valence-corrected chi connectivity index (χ4v) is 1.47. The second-order valence-corrected chi connectivity index (χ2v) is 3.45. The highest BCUT2D eigenvalue weighted by molar-refractivity contribution is 4.84. The van der Waals surface area contributed by atoms with Crippen LogP contribution in [-0.4, -0.2) is 50.3 Å². The molecule has 1 saturated heterocycles. The van der Waals surface area contributed by atoms with Crippen molar-refractivity contribution >= 4 is 0 Å². The number of nitrogens with one attached hydrogen (secondary N) is 1. The molecule has 1 rings (SSSR count). The lowest BCUT2D eigenvalue weighted by atomic mass is 10.1. The molecule has 0 spiro atoms. The van der Waals surface area contributed by atoms with Crippen molar-refractivity contribution in [2.24, 2.45) is 0 Å². The Balaban J connectivity index is 2.24. The molecule has 1 aliphatic rings. The predicted molar refractivity (Wildman–Crippen MR) is 50.4 cm³/mol. The van der Waals surface area contributed by atoms with Crippen molar-refractivity contribution in [2.75, 3.05) is 33.3 Å². The molecule has 0 aliphatic carbocycles. The molecule has 1 fully saturated rings. The molecule has 0 aromatic rings. The Hall–Kier alpha value is -0.120. The fourth-order valence-electron chi connectivity index (χ4n) is 1.47. The van der Waals surface area contributed by atoms with Gasteiger partial charge >= 0.3 is 0 Å². The normalized spacial score (nSPS) is 21.0. The second-order valence-electron chi connectivity index (χ2n) is 3.45. The van der Waals surface area contributed by atoms with E-state index in [2.05, 4.69) is 24.1 Å². The summed E-state index contributed by atoms with van der Waals surface area (Å²) in [5.74, 6) is 0. The van der Waals surface area contributed by atoms with Gasteiger partial charge in [-0.1, -0.05) is 6.92 Å². The van der Waals surface area contributed by atoms with Crippen molar-refractivity contribution < 1.29 is 4.74 Å². The standard InChI is InChI=1S/C9H20N2O/c1-4-11(7-8(2)12-3)9-5-10-6-9/h8-10H,4-7H2,1-3H3. The number of likely N-dealkylation sites (N-methyl/N-ethyl adjacent to an activating group) is 1. The first kappa shape index (κ1) is 9.96. The van der Waals surface area contributed by atoms with Crippen LogP contribution in [0.25, 0.3) is 0 Å². The summed E-state index contributed by atoms with van der Waals surface area (Å²) in [5.41, 5.74) is 0. The average Bonchev–Trinajstić information content (AvgIpc) is 1.99. The molecule has 1 aliphatic heterocycles. The fraction of sp³-hybridized carbons (Fsp3) is 1.00. The van der Waals surface area contributed by atoms with E-state index in [0.717, 1.165) is 32.2 Å². The molecular formula is C9H20N2O. The van der Waals surface area contributed by atoms with Gasteiger partial charge in [-0.25, -0.2) is 0 Å². The van der Waals surface area contributed by atoms with Crippen molar-refractivity contribution in [1.29, 1.82) is 0 Å². The van der Waals surface area contributed by atoms with Gasteiger partial charge in [-0.05, 0) is 13.5 Å². The predicted octanol–water partition coefficient (Wildman–Crippen LogP) is 0.315. The SMILES string of the molecule is CCN(CC(C)OC)C1CNC1. The van der Waals surface area contributed by atoms with Crippen LogP contribution in [0.3, 0.4) is 0 Å². The first-order chi connectivity index (χ1) is 5.77. The Morgan fingerprint density at radius 1 is 1.58 bits per heavy atom. The van der Waals surface area contributed by atoms with E-state index in [1.54, 1.807) is 7.11 Å². The lowest BCUT2D eigenvalue weighted by molar-refractivity contribution is 0.0499. The van der Waals surface area contributed by atoms with Crippen LogP contribution in [0.15, 0.2) is 0 Å². The highest BCUT2D eigenvalue weighted by Gasteiger charge is 2.23. The molecule has 3 heteroatoms. The molecule has 0 aromatic heterocycles. The summed E-state index contributed by atoms with van der Waals surface area (Å²) >= 11 is 0. The smallest absolute Gasteiger partial charge is 0.0670 e. The maximum atomic E-state index is 5.24. The Morgan fingerprint density at radius 3 is 2.58 bits per heavy atom. The van der Waals surface area contributed by atoms with Crippen LogP contribution < -0.4 is 5.32 Å². The van der Waals surface area contributed by atoms with Gasteiger partial charge in [0.1, 0.15) is 0 Å². The van der Waals surface area contributed by atoms with Crippen LogP contribution in [0.2, 0.25) is 0 Å². The monoisotopic (exact) mass is 172 g/mol. The van der Waals surface area contributed by atoms with Crippen LogP contribution in [0.1, 0.15) is 13.8 Å². The summed E-state index contributed by atoms with van der Waals surface area (Å²) < 4.78 is 5.24. The zero-order chi connectivity index (χ0) is 8.97. The summed E-state index contributed by atoms with van der Waals surface area (Å²) in [6.07, 6.45) is 0.352. The maximum Gasteiger partial charge on any atom is 0.0670 e. The highest BCUT2D eigenvalue weighted by atomic mass is 16.5. The molecule has 0 aromatic carbocycles. The van der Waals surface area contributed by atoms with Gasteiger partial charge in [-0.15, -0.1) is 0 Å². The molecule has 0 radical (unpaired) electrons. The lowest BCUT2D eigenvalue weighted by Gasteiger charge is -2.38. The van der Waals surface area contributed by atoms with Crippen LogP contribution in [0.4, 0.5) is 0 Å². The average molecular weight is 172 g/mol. The van der Waals surface area contributed by atoms with Crippen molar-refractivity contribution in [3.05, 3.63) is 0 Å². The van der Waals surface area contributed by atoms with E-state index in [9.17, 15) is 0 Å². The van der Waals surface area contributed by atoms with E-state index in [0.29, 0.717) is 6.10 Å². The Kier molecular flexibility index (Phi) is 3.98. The van der Waals surface area contributed by atoms with E-state index in [-0.39, 0.29) is 0 Å². The Bertz CT molecular complexity index is 126. The summed E-state index contributed by atoms with van der Waals surface area (Å²) in [6.45, 7) is 8.80. The first-order valence-electron chi connectivity index (χ1n) is 4.75. The summed E-state index contributed by atoms with van der Waals surface area (Å²) in [7, 11) is 1.78. The van der Waals surface area contributed by atoms with Crippen LogP contribution in [0.5, 0.6) is 0 Å². The highest BCUT2D eigenvalue weighted by Crippen LogP contribution is 2.06. The third-order valence-corrected chi connectivity index (χ3v) is 2.58. The number of hydrogen-bond acceptors (Lipinski definition) is 3. The van der Waals surface area contributed by atoms with Gasteiger partial charge in [0.15, 0.2) is 0 Å². The topological polar surface area (TPSA) is 24.5 Å². The first-order valence-corrected chi connectivity index (χ1v) is 4.75. The Morgan fingerprint density at radius 2 is 2.25 bits per heavy atom. The quantitative estimate of drug-likeness (QED) is 0.646. The van der Waals surface area contributed by atoms with Gasteiger partial charge < -0.3 is 10.1 Å². The minimum atomic E-state index is 0.352. The number of hydrogen-bond donors (Lipinski definition) is 1. The molecule has 0 saturated carbocycles. The van der Waals surface area contributed by atoms with Crippen molar-refractivity contribution in [3.63, 3.8) is 0 Å². The zero-order valence-electron chi connectivity index (χ0n) is 8.34. The van der Waals surface area contributed by atoms with Crippen molar-refractivity contribution in [1.82, 2.24) is 10.2 Å². The number of ether oxygens (including phenoxy) is 1. The van der Waals surface area contributed by atoms with Crippen LogP contribution in [-0.2, 0) is 4.74 Å². The number of methoxy groups -OCH3 is 1. The molecule has 1 N–H and O–H groups in total. The molecule has 1 unspecified atom stereocenters. The summed E-state index contributed by atoms with van der Waals surface area (Å²) in [6, 6.07) is 0.743. The van der Waals surface area contributed by atoms with Gasteiger partial charge in [0.25, 0.3) is 0 Å². The second kappa shape index (κ2) is 4.80.